The first-order chi connectivity index (χ1) is 11.1. The summed E-state index contributed by atoms with van der Waals surface area (Å²) in [7, 11) is 0. The lowest BCUT2D eigenvalue weighted by atomic mass is 10.1. The van der Waals surface area contributed by atoms with Crippen molar-refractivity contribution in [2.24, 2.45) is 0 Å². The number of nitrogens with zero attached hydrogens (tertiary/aromatic N) is 3. The highest BCUT2D eigenvalue weighted by molar-refractivity contribution is 5.94. The van der Waals surface area contributed by atoms with Crippen molar-refractivity contribution < 1.29 is 14.3 Å². The highest BCUT2D eigenvalue weighted by atomic mass is 16.5. The summed E-state index contributed by atoms with van der Waals surface area (Å²) in [5.41, 5.74) is 0.558. The molecule has 0 aliphatic rings. The zero-order chi connectivity index (χ0) is 16.7. The number of carbonyl (C=O) groups is 2. The Morgan fingerprint density at radius 2 is 2.22 bits per heavy atom. The summed E-state index contributed by atoms with van der Waals surface area (Å²) in [4.78, 5) is 27.2. The number of Topliss-reactive ketones (excluding diaryl/α,β-unsaturated/α-hetero) is 1. The summed E-state index contributed by atoms with van der Waals surface area (Å²) in [6.07, 6.45) is 3.23. The van der Waals surface area contributed by atoms with Crippen molar-refractivity contribution in [2.45, 2.75) is 32.9 Å². The number of ketones is 1. The first-order valence-electron chi connectivity index (χ1n) is 7.44. The first-order valence-corrected chi connectivity index (χ1v) is 7.44. The highest BCUT2D eigenvalue weighted by Crippen LogP contribution is 2.15. The molecule has 7 nitrogen and oxygen atoms in total. The number of carbonyl (C=O) groups excluding carboxylic acids is 2. The van der Waals surface area contributed by atoms with Crippen LogP contribution in [0.25, 0.3) is 0 Å². The highest BCUT2D eigenvalue weighted by Gasteiger charge is 2.14. The van der Waals surface area contributed by atoms with Crippen molar-refractivity contribution in [3.63, 3.8) is 0 Å². The van der Waals surface area contributed by atoms with Crippen molar-refractivity contribution in [2.75, 3.05) is 6.54 Å². The van der Waals surface area contributed by atoms with Crippen molar-refractivity contribution in [1.82, 2.24) is 20.1 Å². The lowest BCUT2D eigenvalue weighted by Gasteiger charge is -2.15. The molecule has 1 heterocycles. The molecular formula is C16H20N4O3. The lowest BCUT2D eigenvalue weighted by Crippen LogP contribution is -2.37. The molecule has 7 heteroatoms. The first kappa shape index (κ1) is 16.7. The molecule has 1 atom stereocenters. The van der Waals surface area contributed by atoms with E-state index in [1.807, 2.05) is 0 Å². The number of aryl methyl sites for hydroxylation is 1. The van der Waals surface area contributed by atoms with Crippen molar-refractivity contribution in [3.05, 3.63) is 42.5 Å². The SMILES string of the molecule is CC(=O)c1cccc(O[C@@H](C)C(=O)NCCCn2cncn2)c1. The van der Waals surface area contributed by atoms with E-state index >= 15 is 0 Å². The Labute approximate surface area is 134 Å². The smallest absolute Gasteiger partial charge is 0.260 e. The van der Waals surface area contributed by atoms with Crippen LogP contribution in [0.15, 0.2) is 36.9 Å². The summed E-state index contributed by atoms with van der Waals surface area (Å²) in [6.45, 7) is 4.38. The second-order valence-corrected chi connectivity index (χ2v) is 5.15. The number of nitrogens with one attached hydrogen (secondary N) is 1. The number of hydrogen-bond donors (Lipinski definition) is 1. The van der Waals surface area contributed by atoms with Gasteiger partial charge in [0.15, 0.2) is 11.9 Å². The van der Waals surface area contributed by atoms with Gasteiger partial charge in [0.1, 0.15) is 18.4 Å². The van der Waals surface area contributed by atoms with Crippen LogP contribution in [-0.4, -0.2) is 39.1 Å². The average Bonchev–Trinajstić information content (AvgIpc) is 3.05. The van der Waals surface area contributed by atoms with E-state index in [1.54, 1.807) is 42.2 Å². The minimum atomic E-state index is -0.636. The van der Waals surface area contributed by atoms with Gasteiger partial charge in [0.05, 0.1) is 0 Å². The Balaban J connectivity index is 1.76. The van der Waals surface area contributed by atoms with Crippen LogP contribution in [0.1, 0.15) is 30.6 Å². The zero-order valence-corrected chi connectivity index (χ0v) is 13.2. The molecule has 0 aliphatic heterocycles. The molecular weight excluding hydrogens is 296 g/mol. The Morgan fingerprint density at radius 1 is 1.39 bits per heavy atom. The minimum Gasteiger partial charge on any atom is -0.481 e. The number of amides is 1. The third kappa shape index (κ3) is 5.21. The molecule has 0 spiro atoms. The van der Waals surface area contributed by atoms with Gasteiger partial charge in [-0.1, -0.05) is 12.1 Å². The lowest BCUT2D eigenvalue weighted by molar-refractivity contribution is -0.127. The number of benzene rings is 1. The minimum absolute atomic E-state index is 0.0411. The molecule has 0 radical (unpaired) electrons. The van der Waals surface area contributed by atoms with Crippen LogP contribution in [0, 0.1) is 0 Å². The predicted octanol–water partition coefficient (Wildman–Crippen LogP) is 1.45. The summed E-state index contributed by atoms with van der Waals surface area (Å²) >= 11 is 0. The van der Waals surface area contributed by atoms with Crippen LogP contribution in [0.2, 0.25) is 0 Å². The van der Waals surface area contributed by atoms with Crippen LogP contribution < -0.4 is 10.1 Å². The summed E-state index contributed by atoms with van der Waals surface area (Å²) in [5, 5.41) is 6.80. The van der Waals surface area contributed by atoms with Crippen molar-refractivity contribution in [3.8, 4) is 5.75 Å². The maximum atomic E-state index is 12.0. The van der Waals surface area contributed by atoms with Gasteiger partial charge in [-0.05, 0) is 32.4 Å². The summed E-state index contributed by atoms with van der Waals surface area (Å²) in [6, 6.07) is 6.80. The standard InChI is InChI=1S/C16H20N4O3/c1-12(21)14-5-3-6-15(9-14)23-13(2)16(22)18-7-4-8-20-11-17-10-19-20/h3,5-6,9-11,13H,4,7-8H2,1-2H3,(H,18,22)/t13-/m0/s1. The normalized spacial score (nSPS) is 11.7. The fourth-order valence-corrected chi connectivity index (χ4v) is 1.99. The van der Waals surface area contributed by atoms with E-state index in [1.165, 1.54) is 13.3 Å². The topological polar surface area (TPSA) is 86.1 Å². The molecule has 0 unspecified atom stereocenters. The number of rotatable bonds is 8. The molecule has 0 aliphatic carbocycles. The molecule has 1 N–H and O–H groups in total. The van der Waals surface area contributed by atoms with E-state index in [9.17, 15) is 9.59 Å². The summed E-state index contributed by atoms with van der Waals surface area (Å²) in [5.74, 6) is 0.264. The van der Waals surface area contributed by atoms with E-state index in [2.05, 4.69) is 15.4 Å². The van der Waals surface area contributed by atoms with Gasteiger partial charge in [0, 0.05) is 18.7 Å². The second-order valence-electron chi connectivity index (χ2n) is 5.15. The summed E-state index contributed by atoms with van der Waals surface area (Å²) < 4.78 is 7.29. The molecule has 1 aromatic carbocycles. The van der Waals surface area contributed by atoms with Crippen LogP contribution in [-0.2, 0) is 11.3 Å². The van der Waals surface area contributed by atoms with Gasteiger partial charge >= 0.3 is 0 Å². The van der Waals surface area contributed by atoms with Crippen LogP contribution in [0.3, 0.4) is 0 Å². The Hall–Kier alpha value is -2.70. The van der Waals surface area contributed by atoms with Gasteiger partial charge in [-0.15, -0.1) is 0 Å². The van der Waals surface area contributed by atoms with E-state index in [4.69, 9.17) is 4.74 Å². The fraction of sp³-hybridized carbons (Fsp3) is 0.375. The third-order valence-electron chi connectivity index (χ3n) is 3.25. The molecule has 2 rings (SSSR count). The molecule has 122 valence electrons. The third-order valence-corrected chi connectivity index (χ3v) is 3.25. The predicted molar refractivity (Wildman–Crippen MR) is 84.2 cm³/mol. The number of ether oxygens (including phenoxy) is 1. The van der Waals surface area contributed by atoms with Gasteiger partial charge in [-0.2, -0.15) is 5.10 Å². The van der Waals surface area contributed by atoms with E-state index < -0.39 is 6.10 Å². The molecule has 1 aromatic heterocycles. The van der Waals surface area contributed by atoms with Crippen molar-refractivity contribution in [1.29, 1.82) is 0 Å². The molecule has 0 fully saturated rings. The molecule has 0 bridgehead atoms. The number of hydrogen-bond acceptors (Lipinski definition) is 5. The molecule has 1 amide bonds. The largest absolute Gasteiger partial charge is 0.481 e. The molecule has 0 saturated heterocycles. The van der Waals surface area contributed by atoms with Gasteiger partial charge in [-0.3, -0.25) is 14.3 Å². The van der Waals surface area contributed by atoms with Crippen molar-refractivity contribution >= 4 is 11.7 Å². The van der Waals surface area contributed by atoms with Crippen LogP contribution in [0.5, 0.6) is 5.75 Å². The van der Waals surface area contributed by atoms with Gasteiger partial charge in [0.2, 0.25) is 0 Å². The number of aromatic nitrogens is 3. The quantitative estimate of drug-likeness (QED) is 0.588. The second kappa shape index (κ2) is 8.07. The molecule has 2 aromatic rings. The molecule has 0 saturated carbocycles. The van der Waals surface area contributed by atoms with Gasteiger partial charge in [0.25, 0.3) is 5.91 Å². The van der Waals surface area contributed by atoms with Crippen LogP contribution >= 0.6 is 0 Å². The average molecular weight is 316 g/mol. The van der Waals surface area contributed by atoms with Gasteiger partial charge in [-0.25, -0.2) is 4.98 Å². The monoisotopic (exact) mass is 316 g/mol. The van der Waals surface area contributed by atoms with Gasteiger partial charge < -0.3 is 10.1 Å². The van der Waals surface area contributed by atoms with E-state index in [0.717, 1.165) is 6.42 Å². The maximum Gasteiger partial charge on any atom is 0.260 e. The van der Waals surface area contributed by atoms with Crippen LogP contribution in [0.4, 0.5) is 0 Å². The molecule has 23 heavy (non-hydrogen) atoms. The Kier molecular flexibility index (Phi) is 5.85. The maximum absolute atomic E-state index is 12.0. The Bertz CT molecular complexity index is 655. The Morgan fingerprint density at radius 3 is 2.91 bits per heavy atom. The van der Waals surface area contributed by atoms with E-state index in [0.29, 0.717) is 24.4 Å². The zero-order valence-electron chi connectivity index (χ0n) is 13.2. The fourth-order valence-electron chi connectivity index (χ4n) is 1.99. The van der Waals surface area contributed by atoms with E-state index in [-0.39, 0.29) is 11.7 Å².